The summed E-state index contributed by atoms with van der Waals surface area (Å²) in [6.45, 7) is 0. The number of Topliss-reactive ketones (excluding diaryl/α,β-unsaturated/α-hetero) is 1. The monoisotopic (exact) mass is 281 g/mol. The van der Waals surface area contributed by atoms with Crippen LogP contribution >= 0.6 is 0 Å². The van der Waals surface area contributed by atoms with Crippen molar-refractivity contribution < 1.29 is 4.79 Å². The lowest BCUT2D eigenvalue weighted by Gasteiger charge is -2.08. The van der Waals surface area contributed by atoms with Gasteiger partial charge in [0.1, 0.15) is 0 Å². The summed E-state index contributed by atoms with van der Waals surface area (Å²) in [6, 6.07) is 9.64. The number of para-hydroxylation sites is 1. The number of nitrogens with zero attached hydrogens (tertiary/aromatic N) is 3. The molecule has 0 atom stereocenters. The van der Waals surface area contributed by atoms with Crippen LogP contribution in [0.15, 0.2) is 48.2 Å². The van der Waals surface area contributed by atoms with Crippen molar-refractivity contribution in [1.82, 2.24) is 15.0 Å². The first-order chi connectivity index (χ1) is 10.3. The Kier molecular flexibility index (Phi) is 4.24. The predicted octanol–water partition coefficient (Wildman–Crippen LogP) is 3.73. The topological polar surface area (TPSA) is 47.8 Å². The van der Waals surface area contributed by atoms with Crippen LogP contribution in [0.25, 0.3) is 5.69 Å². The van der Waals surface area contributed by atoms with E-state index in [4.69, 9.17) is 0 Å². The van der Waals surface area contributed by atoms with Crippen molar-refractivity contribution in [3.05, 3.63) is 53.9 Å². The van der Waals surface area contributed by atoms with Crippen molar-refractivity contribution in [3.8, 4) is 5.69 Å². The van der Waals surface area contributed by atoms with Crippen molar-refractivity contribution in [1.29, 1.82) is 0 Å². The standard InChI is InChI=1S/C17H19N3O/c21-17(14-9-5-2-1-3-6-10-14)16-13-18-20(19-16)15-11-7-4-8-12-15/h4,7-9,11-13H,1-3,5-6,10H2/b14-9+. The van der Waals surface area contributed by atoms with Crippen LogP contribution in [0.1, 0.15) is 49.0 Å². The fraction of sp³-hybridized carbons (Fsp3) is 0.353. The van der Waals surface area contributed by atoms with E-state index in [1.165, 1.54) is 24.1 Å². The Bertz CT molecular complexity index is 643. The molecule has 1 aliphatic rings. The van der Waals surface area contributed by atoms with Crippen LogP contribution in [0.5, 0.6) is 0 Å². The minimum Gasteiger partial charge on any atom is -0.287 e. The first-order valence-electron chi connectivity index (χ1n) is 7.56. The second-order valence-electron chi connectivity index (χ2n) is 5.37. The first-order valence-corrected chi connectivity index (χ1v) is 7.56. The van der Waals surface area contributed by atoms with Gasteiger partial charge < -0.3 is 0 Å². The van der Waals surface area contributed by atoms with Crippen LogP contribution in [0.4, 0.5) is 0 Å². The third kappa shape index (κ3) is 3.27. The average Bonchev–Trinajstić information content (AvgIpc) is 2.97. The molecule has 0 saturated carbocycles. The normalized spacial score (nSPS) is 18.4. The maximum Gasteiger partial charge on any atom is 0.210 e. The van der Waals surface area contributed by atoms with Crippen LogP contribution in [-0.4, -0.2) is 20.8 Å². The summed E-state index contributed by atoms with van der Waals surface area (Å²) in [6.07, 6.45) is 10.2. The predicted molar refractivity (Wildman–Crippen MR) is 81.5 cm³/mol. The number of carbonyl (C=O) groups excluding carboxylic acids is 1. The number of allylic oxidation sites excluding steroid dienone is 2. The number of aromatic nitrogens is 3. The van der Waals surface area contributed by atoms with Gasteiger partial charge in [0.15, 0.2) is 5.69 Å². The zero-order valence-electron chi connectivity index (χ0n) is 12.0. The second-order valence-corrected chi connectivity index (χ2v) is 5.37. The molecule has 0 unspecified atom stereocenters. The molecule has 3 rings (SSSR count). The largest absolute Gasteiger partial charge is 0.287 e. The Balaban J connectivity index is 1.80. The molecule has 0 amide bonds. The molecule has 0 N–H and O–H groups in total. The molecule has 0 bridgehead atoms. The van der Waals surface area contributed by atoms with Crippen molar-refractivity contribution >= 4 is 5.78 Å². The summed E-state index contributed by atoms with van der Waals surface area (Å²) in [4.78, 5) is 14.0. The second kappa shape index (κ2) is 6.48. The van der Waals surface area contributed by atoms with Crippen LogP contribution in [0.3, 0.4) is 0 Å². The van der Waals surface area contributed by atoms with Gasteiger partial charge in [-0.15, -0.1) is 5.10 Å². The number of carbonyl (C=O) groups is 1. The van der Waals surface area contributed by atoms with Gasteiger partial charge in [0.25, 0.3) is 0 Å². The summed E-state index contributed by atoms with van der Waals surface area (Å²) < 4.78 is 0. The quantitative estimate of drug-likeness (QED) is 0.805. The van der Waals surface area contributed by atoms with E-state index in [0.29, 0.717) is 5.69 Å². The molecule has 0 radical (unpaired) electrons. The highest BCUT2D eigenvalue weighted by atomic mass is 16.1. The summed E-state index contributed by atoms with van der Waals surface area (Å²) in [7, 11) is 0. The van der Waals surface area contributed by atoms with E-state index in [0.717, 1.165) is 30.5 Å². The molecule has 0 aliphatic heterocycles. The molecule has 1 aromatic heterocycles. The maximum atomic E-state index is 12.5. The number of hydrogen-bond acceptors (Lipinski definition) is 3. The molecule has 108 valence electrons. The zero-order valence-corrected chi connectivity index (χ0v) is 12.0. The molecule has 1 aliphatic carbocycles. The van der Waals surface area contributed by atoms with Crippen molar-refractivity contribution in [2.24, 2.45) is 0 Å². The Hall–Kier alpha value is -2.23. The van der Waals surface area contributed by atoms with Crippen molar-refractivity contribution in [2.75, 3.05) is 0 Å². The SMILES string of the molecule is O=C(/C1=C/CCCCCC1)c1cnn(-c2ccccc2)n1. The van der Waals surface area contributed by atoms with E-state index in [-0.39, 0.29) is 5.78 Å². The highest BCUT2D eigenvalue weighted by Gasteiger charge is 2.17. The third-order valence-corrected chi connectivity index (χ3v) is 3.79. The number of benzene rings is 1. The number of rotatable bonds is 3. The summed E-state index contributed by atoms with van der Waals surface area (Å²) in [5, 5.41) is 8.53. The molecule has 0 saturated heterocycles. The minimum atomic E-state index is 0.0269. The third-order valence-electron chi connectivity index (χ3n) is 3.79. The van der Waals surface area contributed by atoms with Crippen LogP contribution in [0, 0.1) is 0 Å². The Morgan fingerprint density at radius 2 is 1.86 bits per heavy atom. The zero-order chi connectivity index (χ0) is 14.5. The van der Waals surface area contributed by atoms with E-state index in [9.17, 15) is 4.79 Å². The molecule has 21 heavy (non-hydrogen) atoms. The summed E-state index contributed by atoms with van der Waals surface area (Å²) in [5.74, 6) is 0.0269. The van der Waals surface area contributed by atoms with Gasteiger partial charge in [-0.25, -0.2) is 0 Å². The molecule has 0 fully saturated rings. The smallest absolute Gasteiger partial charge is 0.210 e. The molecule has 2 aromatic rings. The maximum absolute atomic E-state index is 12.5. The molecule has 1 heterocycles. The highest BCUT2D eigenvalue weighted by molar-refractivity contribution is 6.07. The fourth-order valence-corrected chi connectivity index (χ4v) is 2.62. The van der Waals surface area contributed by atoms with E-state index < -0.39 is 0 Å². The molecular weight excluding hydrogens is 262 g/mol. The number of hydrogen-bond donors (Lipinski definition) is 0. The van der Waals surface area contributed by atoms with E-state index in [1.54, 1.807) is 6.20 Å². The van der Waals surface area contributed by atoms with Crippen molar-refractivity contribution in [3.63, 3.8) is 0 Å². The van der Waals surface area contributed by atoms with Gasteiger partial charge >= 0.3 is 0 Å². The Morgan fingerprint density at radius 3 is 2.71 bits per heavy atom. The lowest BCUT2D eigenvalue weighted by Crippen LogP contribution is -2.07. The van der Waals surface area contributed by atoms with Gasteiger partial charge in [-0.2, -0.15) is 9.90 Å². The van der Waals surface area contributed by atoms with Crippen LogP contribution < -0.4 is 0 Å². The van der Waals surface area contributed by atoms with Gasteiger partial charge in [0, 0.05) is 0 Å². The Morgan fingerprint density at radius 1 is 1.05 bits per heavy atom. The van der Waals surface area contributed by atoms with E-state index >= 15 is 0 Å². The molecule has 4 heteroatoms. The van der Waals surface area contributed by atoms with Crippen LogP contribution in [-0.2, 0) is 0 Å². The molecular formula is C17H19N3O. The summed E-state index contributed by atoms with van der Waals surface area (Å²) in [5.41, 5.74) is 2.20. The molecule has 0 spiro atoms. The molecule has 4 nitrogen and oxygen atoms in total. The highest BCUT2D eigenvalue weighted by Crippen LogP contribution is 2.20. The lowest BCUT2D eigenvalue weighted by molar-refractivity contribution is 0.102. The van der Waals surface area contributed by atoms with Crippen LogP contribution in [0.2, 0.25) is 0 Å². The van der Waals surface area contributed by atoms with Gasteiger partial charge in [-0.3, -0.25) is 4.79 Å². The van der Waals surface area contributed by atoms with Gasteiger partial charge in [0.2, 0.25) is 5.78 Å². The fourth-order valence-electron chi connectivity index (χ4n) is 2.62. The van der Waals surface area contributed by atoms with Gasteiger partial charge in [-0.1, -0.05) is 37.1 Å². The van der Waals surface area contributed by atoms with E-state index in [2.05, 4.69) is 16.3 Å². The average molecular weight is 281 g/mol. The lowest BCUT2D eigenvalue weighted by atomic mass is 9.96. The van der Waals surface area contributed by atoms with E-state index in [1.807, 2.05) is 30.3 Å². The van der Waals surface area contributed by atoms with Crippen molar-refractivity contribution in [2.45, 2.75) is 38.5 Å². The Labute approximate surface area is 124 Å². The first kappa shape index (κ1) is 13.7. The number of ketones is 1. The minimum absolute atomic E-state index is 0.0269. The van der Waals surface area contributed by atoms with Gasteiger partial charge in [0.05, 0.1) is 11.9 Å². The summed E-state index contributed by atoms with van der Waals surface area (Å²) >= 11 is 0. The molecule has 1 aromatic carbocycles. The van der Waals surface area contributed by atoms with Gasteiger partial charge in [-0.05, 0) is 43.4 Å².